The van der Waals surface area contributed by atoms with Crippen LogP contribution in [-0.2, 0) is 0 Å². The molecule has 0 spiro atoms. The molecule has 1 saturated heterocycles. The Morgan fingerprint density at radius 2 is 1.84 bits per heavy atom. The highest BCUT2D eigenvalue weighted by molar-refractivity contribution is 7.11. The Morgan fingerprint density at radius 1 is 1.12 bits per heavy atom. The second-order valence-electron chi connectivity index (χ2n) is 6.29. The van der Waals surface area contributed by atoms with Crippen LogP contribution < -0.4 is 0 Å². The summed E-state index contributed by atoms with van der Waals surface area (Å²) in [4.78, 5) is 4.56. The van der Waals surface area contributed by atoms with Crippen LogP contribution >= 0.6 is 11.3 Å². The number of rotatable bonds is 3. The summed E-state index contributed by atoms with van der Waals surface area (Å²) in [5.41, 5.74) is 2.05. The van der Waals surface area contributed by atoms with Crippen LogP contribution in [0.2, 0.25) is 0 Å². The third kappa shape index (κ3) is 3.05. The molecule has 25 heavy (non-hydrogen) atoms. The maximum atomic E-state index is 13.1. The number of thiazole rings is 1. The smallest absolute Gasteiger partial charge is 0.149 e. The van der Waals surface area contributed by atoms with Gasteiger partial charge in [0.2, 0.25) is 0 Å². The predicted molar refractivity (Wildman–Crippen MR) is 96.9 cm³/mol. The lowest BCUT2D eigenvalue weighted by atomic mass is 10.1. The van der Waals surface area contributed by atoms with Crippen LogP contribution in [0.3, 0.4) is 0 Å². The molecule has 1 fully saturated rings. The monoisotopic (exact) mass is 358 g/mol. The standard InChI is InChI=1S/C18H19FN4OS/c19-13-6-4-12(5-7-13)14-11-25-18(21-14)16-15(24)10-23(17(16)20)22-8-2-1-3-9-22/h4-7,11,20,24H,1-3,8-10H2. The number of halogens is 1. The van der Waals surface area contributed by atoms with Gasteiger partial charge in [-0.2, -0.15) is 0 Å². The van der Waals surface area contributed by atoms with Gasteiger partial charge >= 0.3 is 0 Å². The van der Waals surface area contributed by atoms with Crippen LogP contribution in [0.1, 0.15) is 24.3 Å². The van der Waals surface area contributed by atoms with E-state index in [1.807, 2.05) is 10.4 Å². The molecule has 7 heteroatoms. The summed E-state index contributed by atoms with van der Waals surface area (Å²) in [5, 5.41) is 25.4. The normalized spacial score (nSPS) is 19.1. The van der Waals surface area contributed by atoms with Crippen LogP contribution in [0, 0.1) is 11.2 Å². The molecule has 2 aliphatic heterocycles. The molecule has 0 saturated carbocycles. The van der Waals surface area contributed by atoms with E-state index in [0.29, 0.717) is 23.0 Å². The van der Waals surface area contributed by atoms with Crippen LogP contribution in [-0.4, -0.2) is 45.6 Å². The maximum absolute atomic E-state index is 13.1. The van der Waals surface area contributed by atoms with E-state index >= 15 is 0 Å². The molecule has 130 valence electrons. The fraction of sp³-hybridized carbons (Fsp3) is 0.333. The van der Waals surface area contributed by atoms with E-state index in [4.69, 9.17) is 5.41 Å². The van der Waals surface area contributed by atoms with Gasteiger partial charge in [0.05, 0.1) is 17.8 Å². The van der Waals surface area contributed by atoms with E-state index in [2.05, 4.69) is 9.99 Å². The number of hydrogen-bond acceptors (Lipinski definition) is 5. The van der Waals surface area contributed by atoms with Crippen molar-refractivity contribution in [2.75, 3.05) is 19.6 Å². The summed E-state index contributed by atoms with van der Waals surface area (Å²) >= 11 is 1.39. The van der Waals surface area contributed by atoms with Crippen molar-refractivity contribution < 1.29 is 9.50 Å². The molecule has 2 N–H and O–H groups in total. The van der Waals surface area contributed by atoms with E-state index < -0.39 is 0 Å². The van der Waals surface area contributed by atoms with Crippen molar-refractivity contribution in [1.82, 2.24) is 15.0 Å². The zero-order valence-electron chi connectivity index (χ0n) is 13.7. The average Bonchev–Trinajstić information content (AvgIpc) is 3.21. The summed E-state index contributed by atoms with van der Waals surface area (Å²) in [6, 6.07) is 6.17. The fourth-order valence-electron chi connectivity index (χ4n) is 3.29. The number of piperidine rings is 1. The van der Waals surface area contributed by atoms with Gasteiger partial charge in [-0.15, -0.1) is 11.3 Å². The van der Waals surface area contributed by atoms with Gasteiger partial charge in [-0.3, -0.25) is 10.4 Å². The summed E-state index contributed by atoms with van der Waals surface area (Å²) < 4.78 is 13.1. The Kier molecular flexibility index (Phi) is 4.27. The molecule has 0 radical (unpaired) electrons. The summed E-state index contributed by atoms with van der Waals surface area (Å²) in [5.74, 6) is 0.212. The minimum atomic E-state index is -0.283. The molecule has 5 nitrogen and oxygen atoms in total. The van der Waals surface area contributed by atoms with E-state index in [1.54, 1.807) is 12.1 Å². The van der Waals surface area contributed by atoms with Gasteiger partial charge in [-0.25, -0.2) is 14.4 Å². The molecule has 2 aromatic rings. The van der Waals surface area contributed by atoms with Gasteiger partial charge in [-0.05, 0) is 37.1 Å². The first kappa shape index (κ1) is 16.2. The lowest BCUT2D eigenvalue weighted by Gasteiger charge is -2.35. The summed E-state index contributed by atoms with van der Waals surface area (Å²) in [6.45, 7) is 2.17. The number of aliphatic hydroxyl groups excluding tert-OH is 1. The third-order valence-corrected chi connectivity index (χ3v) is 5.47. The quantitative estimate of drug-likeness (QED) is 0.873. The molecule has 1 aromatic carbocycles. The van der Waals surface area contributed by atoms with Crippen molar-refractivity contribution in [3.63, 3.8) is 0 Å². The number of benzene rings is 1. The second-order valence-corrected chi connectivity index (χ2v) is 7.15. The molecule has 0 unspecified atom stereocenters. The highest BCUT2D eigenvalue weighted by Gasteiger charge is 2.34. The Hall–Kier alpha value is -2.25. The van der Waals surface area contributed by atoms with Crippen molar-refractivity contribution in [2.24, 2.45) is 0 Å². The first-order valence-corrected chi connectivity index (χ1v) is 9.27. The Bertz CT molecular complexity index is 824. The molecule has 3 heterocycles. The van der Waals surface area contributed by atoms with Gasteiger partial charge in [0.25, 0.3) is 0 Å². The van der Waals surface area contributed by atoms with Crippen molar-refractivity contribution in [1.29, 1.82) is 5.41 Å². The highest BCUT2D eigenvalue weighted by Crippen LogP contribution is 2.33. The number of hydrogen-bond donors (Lipinski definition) is 2. The van der Waals surface area contributed by atoms with Crippen molar-refractivity contribution in [3.8, 4) is 11.3 Å². The molecule has 0 bridgehead atoms. The molecule has 4 rings (SSSR count). The molecular weight excluding hydrogens is 339 g/mol. The first-order chi connectivity index (χ1) is 12.1. The second kappa shape index (κ2) is 6.57. The molecule has 0 amide bonds. The fourth-order valence-corrected chi connectivity index (χ4v) is 4.19. The number of hydrazine groups is 1. The minimum Gasteiger partial charge on any atom is -0.509 e. The van der Waals surface area contributed by atoms with Crippen LogP contribution in [0.4, 0.5) is 4.39 Å². The number of nitrogens with zero attached hydrogens (tertiary/aromatic N) is 3. The maximum Gasteiger partial charge on any atom is 0.149 e. The Balaban J connectivity index is 1.58. The van der Waals surface area contributed by atoms with Crippen molar-refractivity contribution in [2.45, 2.75) is 19.3 Å². The highest BCUT2D eigenvalue weighted by atomic mass is 32.1. The topological polar surface area (TPSA) is 63.5 Å². The van der Waals surface area contributed by atoms with E-state index in [1.165, 1.54) is 29.9 Å². The zero-order chi connectivity index (χ0) is 17.4. The van der Waals surface area contributed by atoms with Gasteiger partial charge in [0.1, 0.15) is 22.4 Å². The predicted octanol–water partition coefficient (Wildman–Crippen LogP) is 3.91. The van der Waals surface area contributed by atoms with Crippen LogP contribution in [0.15, 0.2) is 35.4 Å². The molecule has 0 aliphatic carbocycles. The SMILES string of the molecule is N=C1C(c2nc(-c3ccc(F)cc3)cs2)=C(O)CN1N1CCCCC1. The van der Waals surface area contributed by atoms with E-state index in [-0.39, 0.29) is 11.6 Å². The van der Waals surface area contributed by atoms with Gasteiger partial charge < -0.3 is 5.11 Å². The number of aliphatic hydroxyl groups is 1. The first-order valence-electron chi connectivity index (χ1n) is 8.39. The summed E-state index contributed by atoms with van der Waals surface area (Å²) in [7, 11) is 0. The molecule has 1 aromatic heterocycles. The Morgan fingerprint density at radius 3 is 2.56 bits per heavy atom. The Labute approximate surface area is 149 Å². The van der Waals surface area contributed by atoms with E-state index in [9.17, 15) is 9.50 Å². The largest absolute Gasteiger partial charge is 0.509 e. The van der Waals surface area contributed by atoms with Crippen LogP contribution in [0.25, 0.3) is 16.8 Å². The van der Waals surface area contributed by atoms with Gasteiger partial charge in [-0.1, -0.05) is 6.42 Å². The van der Waals surface area contributed by atoms with Gasteiger partial charge in [0.15, 0.2) is 0 Å². The number of aromatic nitrogens is 1. The molecule has 0 atom stereocenters. The van der Waals surface area contributed by atoms with Crippen molar-refractivity contribution in [3.05, 3.63) is 46.2 Å². The lowest BCUT2D eigenvalue weighted by molar-refractivity contribution is 0.0312. The van der Waals surface area contributed by atoms with Crippen LogP contribution in [0.5, 0.6) is 0 Å². The summed E-state index contributed by atoms with van der Waals surface area (Å²) in [6.07, 6.45) is 3.45. The third-order valence-electron chi connectivity index (χ3n) is 4.61. The van der Waals surface area contributed by atoms with Gasteiger partial charge in [0, 0.05) is 24.0 Å². The lowest BCUT2D eigenvalue weighted by Crippen LogP contribution is -2.46. The number of amidine groups is 1. The van der Waals surface area contributed by atoms with Crippen molar-refractivity contribution >= 4 is 22.7 Å². The number of nitrogens with one attached hydrogen (secondary N) is 1. The zero-order valence-corrected chi connectivity index (χ0v) is 14.5. The average molecular weight is 358 g/mol. The molecular formula is C18H19FN4OS. The van der Waals surface area contributed by atoms with E-state index in [0.717, 1.165) is 37.2 Å². The minimum absolute atomic E-state index is 0.190. The molecule has 2 aliphatic rings.